The van der Waals surface area contributed by atoms with Crippen LogP contribution in [0.25, 0.3) is 0 Å². The van der Waals surface area contributed by atoms with E-state index < -0.39 is 5.92 Å². The zero-order valence-corrected chi connectivity index (χ0v) is 13.8. The van der Waals surface area contributed by atoms with Gasteiger partial charge in [0.2, 0.25) is 18.6 Å². The molecule has 24 heavy (non-hydrogen) atoms. The summed E-state index contributed by atoms with van der Waals surface area (Å²) in [4.78, 5) is 27.6. The molecule has 3 heterocycles. The van der Waals surface area contributed by atoms with Crippen molar-refractivity contribution in [3.05, 3.63) is 40.6 Å². The molecule has 0 spiro atoms. The molecular formula is C17H16N2O4S. The van der Waals surface area contributed by atoms with Crippen LogP contribution in [-0.2, 0) is 9.59 Å². The minimum atomic E-state index is -0.411. The van der Waals surface area contributed by atoms with Crippen molar-refractivity contribution in [3.63, 3.8) is 0 Å². The number of benzene rings is 1. The Morgan fingerprint density at radius 3 is 2.92 bits per heavy atom. The van der Waals surface area contributed by atoms with E-state index in [0.29, 0.717) is 17.2 Å². The highest BCUT2D eigenvalue weighted by molar-refractivity contribution is 7.10. The number of carbonyl (C=O) groups excluding carboxylic acids is 2. The third-order valence-electron chi connectivity index (χ3n) is 4.40. The molecule has 2 aliphatic heterocycles. The van der Waals surface area contributed by atoms with Crippen LogP contribution in [0.4, 0.5) is 5.69 Å². The fourth-order valence-corrected chi connectivity index (χ4v) is 4.10. The van der Waals surface area contributed by atoms with Crippen LogP contribution in [0.5, 0.6) is 11.5 Å². The molecule has 0 aliphatic carbocycles. The van der Waals surface area contributed by atoms with E-state index in [-0.39, 0.29) is 31.1 Å². The molecule has 1 aromatic carbocycles. The summed E-state index contributed by atoms with van der Waals surface area (Å²) >= 11 is 1.56. The molecule has 0 bridgehead atoms. The Hall–Kier alpha value is -2.54. The van der Waals surface area contributed by atoms with Crippen LogP contribution in [0, 0.1) is 5.92 Å². The Morgan fingerprint density at radius 1 is 1.29 bits per heavy atom. The maximum Gasteiger partial charge on any atom is 0.231 e. The van der Waals surface area contributed by atoms with Gasteiger partial charge in [-0.2, -0.15) is 0 Å². The normalized spacial score (nSPS) is 22.0. The number of fused-ring (bicyclic) bond motifs is 1. The Morgan fingerprint density at radius 2 is 2.12 bits per heavy atom. The Bertz CT molecular complexity index is 790. The number of nitrogens with zero attached hydrogens (tertiary/aromatic N) is 1. The van der Waals surface area contributed by atoms with Gasteiger partial charge in [0, 0.05) is 30.1 Å². The van der Waals surface area contributed by atoms with Crippen molar-refractivity contribution in [3.8, 4) is 11.5 Å². The van der Waals surface area contributed by atoms with Gasteiger partial charge in [-0.1, -0.05) is 6.07 Å². The van der Waals surface area contributed by atoms with Gasteiger partial charge in [-0.3, -0.25) is 9.59 Å². The highest BCUT2D eigenvalue weighted by Crippen LogP contribution is 2.40. The Kier molecular flexibility index (Phi) is 3.65. The second kappa shape index (κ2) is 5.83. The summed E-state index contributed by atoms with van der Waals surface area (Å²) in [5.74, 6) is 0.693. The van der Waals surface area contributed by atoms with Crippen LogP contribution in [0.1, 0.15) is 17.3 Å². The lowest BCUT2D eigenvalue weighted by molar-refractivity contribution is -0.127. The van der Waals surface area contributed by atoms with E-state index in [1.807, 2.05) is 17.5 Å². The number of hydrogen-bond acceptors (Lipinski definition) is 5. The van der Waals surface area contributed by atoms with Crippen LogP contribution in [0.2, 0.25) is 0 Å². The van der Waals surface area contributed by atoms with Crippen LogP contribution >= 0.6 is 11.3 Å². The van der Waals surface area contributed by atoms with Crippen molar-refractivity contribution in [2.24, 2.45) is 5.92 Å². The molecule has 2 atom stereocenters. The summed E-state index contributed by atoms with van der Waals surface area (Å²) in [6.45, 7) is 0.190. The predicted octanol–water partition coefficient (Wildman–Crippen LogP) is 2.63. The number of rotatable bonds is 3. The van der Waals surface area contributed by atoms with Crippen molar-refractivity contribution in [1.29, 1.82) is 0 Å². The van der Waals surface area contributed by atoms with Crippen LogP contribution in [0.3, 0.4) is 0 Å². The lowest BCUT2D eigenvalue weighted by Gasteiger charge is -2.23. The number of hydrogen-bond donors (Lipinski definition) is 1. The molecule has 7 heteroatoms. The van der Waals surface area contributed by atoms with Crippen LogP contribution < -0.4 is 14.8 Å². The number of likely N-dealkylation sites (tertiary alicyclic amines) is 1. The molecule has 0 unspecified atom stereocenters. The summed E-state index contributed by atoms with van der Waals surface area (Å²) in [5, 5.41) is 4.85. The van der Waals surface area contributed by atoms with E-state index in [4.69, 9.17) is 9.47 Å². The fraction of sp³-hybridized carbons (Fsp3) is 0.294. The summed E-state index contributed by atoms with van der Waals surface area (Å²) < 4.78 is 10.6. The van der Waals surface area contributed by atoms with Gasteiger partial charge in [-0.05, 0) is 23.6 Å². The number of carbonyl (C=O) groups is 2. The van der Waals surface area contributed by atoms with Crippen molar-refractivity contribution in [1.82, 2.24) is 4.90 Å². The van der Waals surface area contributed by atoms with Crippen molar-refractivity contribution in [2.45, 2.75) is 12.5 Å². The molecule has 2 amide bonds. The van der Waals surface area contributed by atoms with Crippen molar-refractivity contribution in [2.75, 3.05) is 19.2 Å². The third-order valence-corrected chi connectivity index (χ3v) is 5.34. The van der Waals surface area contributed by atoms with E-state index in [0.717, 1.165) is 4.88 Å². The van der Waals surface area contributed by atoms with E-state index in [2.05, 4.69) is 5.32 Å². The predicted molar refractivity (Wildman–Crippen MR) is 89.1 cm³/mol. The fourth-order valence-electron chi connectivity index (χ4n) is 3.16. The van der Waals surface area contributed by atoms with Gasteiger partial charge in [-0.15, -0.1) is 11.3 Å². The second-order valence-corrected chi connectivity index (χ2v) is 6.81. The quantitative estimate of drug-likeness (QED) is 0.929. The van der Waals surface area contributed by atoms with E-state index >= 15 is 0 Å². The number of ether oxygens (including phenoxy) is 2. The molecule has 2 aliphatic rings. The largest absolute Gasteiger partial charge is 0.454 e. The van der Waals surface area contributed by atoms with Gasteiger partial charge in [0.1, 0.15) is 0 Å². The molecule has 2 aromatic rings. The highest BCUT2D eigenvalue weighted by atomic mass is 32.1. The molecule has 1 fully saturated rings. The van der Waals surface area contributed by atoms with E-state index in [9.17, 15) is 9.59 Å². The molecule has 0 saturated carbocycles. The minimum Gasteiger partial charge on any atom is -0.454 e. The first kappa shape index (κ1) is 15.0. The molecule has 6 nitrogen and oxygen atoms in total. The molecular weight excluding hydrogens is 328 g/mol. The van der Waals surface area contributed by atoms with Crippen LogP contribution in [-0.4, -0.2) is 30.6 Å². The van der Waals surface area contributed by atoms with Crippen molar-refractivity contribution < 1.29 is 19.1 Å². The van der Waals surface area contributed by atoms with Gasteiger partial charge in [0.05, 0.1) is 12.0 Å². The zero-order valence-electron chi connectivity index (χ0n) is 13.0. The molecule has 1 aromatic heterocycles. The summed E-state index contributed by atoms with van der Waals surface area (Å²) in [6, 6.07) is 8.95. The van der Waals surface area contributed by atoms with E-state index in [1.54, 1.807) is 41.5 Å². The average Bonchev–Trinajstić information content (AvgIpc) is 3.28. The summed E-state index contributed by atoms with van der Waals surface area (Å²) in [5.41, 5.74) is 0.635. The zero-order chi connectivity index (χ0) is 16.7. The number of nitrogens with one attached hydrogen (secondary N) is 1. The summed E-state index contributed by atoms with van der Waals surface area (Å²) in [6.07, 6.45) is 0.218. The molecule has 1 saturated heterocycles. The van der Waals surface area contributed by atoms with Gasteiger partial charge >= 0.3 is 0 Å². The second-order valence-electron chi connectivity index (χ2n) is 5.83. The summed E-state index contributed by atoms with van der Waals surface area (Å²) in [7, 11) is 1.75. The standard InChI is InChI=1S/C17H16N2O4S/c1-19-15(20)8-11(16(19)14-3-2-6-24-14)17(21)18-10-4-5-12-13(7-10)23-9-22-12/h2-7,11,16H,8-9H2,1H3,(H,18,21)/t11-,16+/m1/s1. The van der Waals surface area contributed by atoms with E-state index in [1.165, 1.54) is 0 Å². The molecule has 1 N–H and O–H groups in total. The third kappa shape index (κ3) is 2.50. The van der Waals surface area contributed by atoms with Gasteiger partial charge in [0.15, 0.2) is 11.5 Å². The van der Waals surface area contributed by atoms with Crippen molar-refractivity contribution >= 4 is 28.8 Å². The first-order chi connectivity index (χ1) is 11.6. The van der Waals surface area contributed by atoms with Gasteiger partial charge in [0.25, 0.3) is 0 Å². The lowest BCUT2D eigenvalue weighted by atomic mass is 9.98. The Balaban J connectivity index is 1.56. The van der Waals surface area contributed by atoms with Crippen LogP contribution in [0.15, 0.2) is 35.7 Å². The minimum absolute atomic E-state index is 0.0146. The van der Waals surface area contributed by atoms with Gasteiger partial charge < -0.3 is 19.7 Å². The van der Waals surface area contributed by atoms with Gasteiger partial charge in [-0.25, -0.2) is 0 Å². The number of amides is 2. The first-order valence-corrected chi connectivity index (χ1v) is 8.51. The topological polar surface area (TPSA) is 67.9 Å². The molecule has 0 radical (unpaired) electrons. The molecule has 4 rings (SSSR count). The highest BCUT2D eigenvalue weighted by Gasteiger charge is 2.43. The number of anilines is 1. The number of thiophene rings is 1. The maximum atomic E-state index is 12.8. The Labute approximate surface area is 143 Å². The average molecular weight is 344 g/mol. The SMILES string of the molecule is CN1C(=O)C[C@@H](C(=O)Nc2ccc3c(c2)OCO3)[C@H]1c1cccs1. The lowest BCUT2D eigenvalue weighted by Crippen LogP contribution is -2.29. The smallest absolute Gasteiger partial charge is 0.231 e. The first-order valence-electron chi connectivity index (χ1n) is 7.63. The maximum absolute atomic E-state index is 12.8. The monoisotopic (exact) mass is 344 g/mol. The molecule has 124 valence electrons.